The second-order valence-electron chi connectivity index (χ2n) is 8.14. The first kappa shape index (κ1) is 27.6. The molecular formula is C26H29N3O7S. The molecule has 196 valence electrons. The third-order valence-electron chi connectivity index (χ3n) is 5.43. The predicted molar refractivity (Wildman–Crippen MR) is 137 cm³/mol. The number of hydrogen-bond acceptors (Lipinski definition) is 10. The lowest BCUT2D eigenvalue weighted by Gasteiger charge is -2.28. The first-order valence-corrected chi connectivity index (χ1v) is 12.6. The van der Waals surface area contributed by atoms with Crippen molar-refractivity contribution in [2.45, 2.75) is 34.6 Å². The molecule has 1 aliphatic rings. The van der Waals surface area contributed by atoms with Gasteiger partial charge in [-0.05, 0) is 34.6 Å². The van der Waals surface area contributed by atoms with Gasteiger partial charge in [-0.3, -0.25) is 14.9 Å². The van der Waals surface area contributed by atoms with Gasteiger partial charge in [0.2, 0.25) is 0 Å². The average molecular weight is 528 g/mol. The molecule has 0 saturated heterocycles. The van der Waals surface area contributed by atoms with Gasteiger partial charge in [0.15, 0.2) is 11.7 Å². The van der Waals surface area contributed by atoms with Crippen LogP contribution >= 0.6 is 11.3 Å². The van der Waals surface area contributed by atoms with E-state index in [-0.39, 0.29) is 24.4 Å². The number of ether oxygens (including phenoxy) is 3. The van der Waals surface area contributed by atoms with Crippen molar-refractivity contribution in [3.63, 3.8) is 0 Å². The Kier molecular flexibility index (Phi) is 9.18. The van der Waals surface area contributed by atoms with E-state index in [1.807, 2.05) is 31.2 Å². The number of carbonyl (C=O) groups excluding carboxylic acids is 4. The van der Waals surface area contributed by atoms with Crippen LogP contribution < -0.4 is 10.6 Å². The Morgan fingerprint density at radius 3 is 2.03 bits per heavy atom. The normalized spacial score (nSPS) is 13.6. The number of benzene rings is 1. The third kappa shape index (κ3) is 6.62. The molecule has 0 saturated carbocycles. The zero-order valence-corrected chi connectivity index (χ0v) is 22.1. The molecule has 1 amide bonds. The fourth-order valence-electron chi connectivity index (χ4n) is 3.75. The average Bonchev–Trinajstić information content (AvgIpc) is 3.31. The van der Waals surface area contributed by atoms with Gasteiger partial charge in [0.1, 0.15) is 5.92 Å². The molecule has 1 aromatic heterocycles. The first-order chi connectivity index (χ1) is 17.7. The molecular weight excluding hydrogens is 498 g/mol. The van der Waals surface area contributed by atoms with Crippen molar-refractivity contribution in [1.29, 1.82) is 0 Å². The number of hydrogen-bond donors (Lipinski definition) is 2. The maximum absolute atomic E-state index is 13.2. The van der Waals surface area contributed by atoms with Gasteiger partial charge in [-0.2, -0.15) is 0 Å². The lowest BCUT2D eigenvalue weighted by Crippen LogP contribution is -2.39. The van der Waals surface area contributed by atoms with Crippen LogP contribution in [0.1, 0.15) is 33.3 Å². The number of aromatic nitrogens is 1. The van der Waals surface area contributed by atoms with Crippen LogP contribution in [0.25, 0.3) is 11.3 Å². The highest BCUT2D eigenvalue weighted by Crippen LogP contribution is 2.32. The van der Waals surface area contributed by atoms with Crippen molar-refractivity contribution < 1.29 is 33.4 Å². The largest absolute Gasteiger partial charge is 0.463 e. The zero-order valence-electron chi connectivity index (χ0n) is 21.3. The Bertz CT molecular complexity index is 1220. The van der Waals surface area contributed by atoms with E-state index in [0.717, 1.165) is 11.1 Å². The minimum atomic E-state index is -1.42. The van der Waals surface area contributed by atoms with Crippen LogP contribution in [0, 0.1) is 12.8 Å². The molecule has 2 N–H and O–H groups in total. The Labute approximate surface area is 218 Å². The van der Waals surface area contributed by atoms with E-state index in [1.54, 1.807) is 33.1 Å². The molecule has 0 atom stereocenters. The summed E-state index contributed by atoms with van der Waals surface area (Å²) in [7, 11) is 0. The van der Waals surface area contributed by atoms with Gasteiger partial charge >= 0.3 is 17.9 Å². The Morgan fingerprint density at radius 2 is 1.49 bits per heavy atom. The number of allylic oxidation sites excluding steroid dienone is 2. The number of thiazole rings is 1. The van der Waals surface area contributed by atoms with Gasteiger partial charge in [0.05, 0.1) is 30.1 Å². The second-order valence-corrected chi connectivity index (χ2v) is 8.99. The number of aryl methyl sites for hydroxylation is 1. The summed E-state index contributed by atoms with van der Waals surface area (Å²) in [4.78, 5) is 55.5. The molecule has 3 rings (SSSR count). The molecule has 1 aromatic carbocycles. The Hall–Kier alpha value is -3.99. The van der Waals surface area contributed by atoms with E-state index in [9.17, 15) is 19.2 Å². The van der Waals surface area contributed by atoms with Gasteiger partial charge in [-0.25, -0.2) is 14.6 Å². The highest BCUT2D eigenvalue weighted by Gasteiger charge is 2.42. The van der Waals surface area contributed by atoms with E-state index >= 15 is 0 Å². The summed E-state index contributed by atoms with van der Waals surface area (Å²) < 4.78 is 15.4. The minimum Gasteiger partial charge on any atom is -0.463 e. The predicted octanol–water partition coefficient (Wildman–Crippen LogP) is 3.49. The number of anilines is 1. The van der Waals surface area contributed by atoms with E-state index in [0.29, 0.717) is 22.2 Å². The van der Waals surface area contributed by atoms with Gasteiger partial charge < -0.3 is 19.5 Å². The summed E-state index contributed by atoms with van der Waals surface area (Å²) in [6.45, 7) is 7.88. The van der Waals surface area contributed by atoms with Gasteiger partial charge in [-0.15, -0.1) is 11.3 Å². The molecule has 0 fully saturated rings. The molecule has 2 heterocycles. The van der Waals surface area contributed by atoms with Gasteiger partial charge in [0, 0.05) is 22.3 Å². The zero-order chi connectivity index (χ0) is 27.1. The first-order valence-electron chi connectivity index (χ1n) is 11.7. The molecule has 10 nitrogen and oxygen atoms in total. The molecule has 2 aromatic rings. The van der Waals surface area contributed by atoms with Gasteiger partial charge in [0.25, 0.3) is 5.91 Å². The molecule has 0 bridgehead atoms. The van der Waals surface area contributed by atoms with Crippen LogP contribution in [0.15, 0.2) is 52.2 Å². The van der Waals surface area contributed by atoms with E-state index in [1.165, 1.54) is 11.3 Å². The van der Waals surface area contributed by atoms with Crippen LogP contribution in [0.5, 0.6) is 0 Å². The van der Waals surface area contributed by atoms with Crippen LogP contribution in [0.3, 0.4) is 0 Å². The summed E-state index contributed by atoms with van der Waals surface area (Å²) >= 11 is 1.23. The lowest BCUT2D eigenvalue weighted by molar-refractivity contribution is -0.153. The van der Waals surface area contributed by atoms with E-state index in [2.05, 4.69) is 15.6 Å². The number of nitrogens with one attached hydrogen (secondary N) is 2. The molecule has 11 heteroatoms. The highest BCUT2D eigenvalue weighted by atomic mass is 32.1. The maximum Gasteiger partial charge on any atom is 0.337 e. The van der Waals surface area contributed by atoms with Crippen molar-refractivity contribution in [1.82, 2.24) is 10.3 Å². The second kappa shape index (κ2) is 12.3. The van der Waals surface area contributed by atoms with Crippen molar-refractivity contribution in [3.8, 4) is 11.3 Å². The fraction of sp³-hybridized carbons (Fsp3) is 0.346. The monoisotopic (exact) mass is 527 g/mol. The number of dihydropyridines is 1. The van der Waals surface area contributed by atoms with Crippen LogP contribution in [-0.2, 0) is 33.4 Å². The molecule has 0 spiro atoms. The number of nitrogens with zero attached hydrogens (tertiary/aromatic N) is 1. The van der Waals surface area contributed by atoms with E-state index < -0.39 is 36.3 Å². The summed E-state index contributed by atoms with van der Waals surface area (Å²) in [5.41, 5.74) is 3.24. The van der Waals surface area contributed by atoms with Crippen molar-refractivity contribution in [3.05, 3.63) is 57.7 Å². The smallest absolute Gasteiger partial charge is 0.337 e. The quantitative estimate of drug-likeness (QED) is 0.371. The standard InChI is InChI=1S/C26H29N3O7S/c1-6-34-23(31)20-15(4)27-16(5)21(24(32)35-7-2)22(20)25(33)36-12-19(30)29-26-28-18(13-37-26)17-10-8-14(3)9-11-17/h8-11,13,22,27H,6-7,12H2,1-5H3,(H,28,29,30). The summed E-state index contributed by atoms with van der Waals surface area (Å²) in [6, 6.07) is 7.80. The minimum absolute atomic E-state index is 0.0651. The highest BCUT2D eigenvalue weighted by molar-refractivity contribution is 7.14. The van der Waals surface area contributed by atoms with Crippen molar-refractivity contribution in [2.24, 2.45) is 5.92 Å². The van der Waals surface area contributed by atoms with Crippen LogP contribution in [0.4, 0.5) is 5.13 Å². The Morgan fingerprint density at radius 1 is 0.919 bits per heavy atom. The van der Waals surface area contributed by atoms with E-state index in [4.69, 9.17) is 14.2 Å². The number of carbonyl (C=O) groups is 4. The van der Waals surface area contributed by atoms with Crippen LogP contribution in [-0.4, -0.2) is 48.6 Å². The van der Waals surface area contributed by atoms with Crippen LogP contribution in [0.2, 0.25) is 0 Å². The fourth-order valence-corrected chi connectivity index (χ4v) is 4.49. The maximum atomic E-state index is 13.2. The summed E-state index contributed by atoms with van der Waals surface area (Å²) in [6.07, 6.45) is 0. The molecule has 0 radical (unpaired) electrons. The topological polar surface area (TPSA) is 133 Å². The summed E-state index contributed by atoms with van der Waals surface area (Å²) in [5.74, 6) is -4.55. The molecule has 37 heavy (non-hydrogen) atoms. The SMILES string of the molecule is CCOC(=O)C1=C(C)NC(C)=C(C(=O)OCC)C1C(=O)OCC(=O)Nc1nc(-c2ccc(C)cc2)cs1. The van der Waals surface area contributed by atoms with Crippen molar-refractivity contribution in [2.75, 3.05) is 25.1 Å². The lowest BCUT2D eigenvalue weighted by atomic mass is 9.85. The van der Waals surface area contributed by atoms with Gasteiger partial charge in [-0.1, -0.05) is 29.8 Å². The Balaban J connectivity index is 1.74. The third-order valence-corrected chi connectivity index (χ3v) is 6.19. The summed E-state index contributed by atoms with van der Waals surface area (Å²) in [5, 5.41) is 7.67. The number of amides is 1. The molecule has 0 unspecified atom stereocenters. The van der Waals surface area contributed by atoms with Crippen molar-refractivity contribution >= 4 is 40.3 Å². The molecule has 1 aliphatic heterocycles. The number of esters is 3. The molecule has 0 aliphatic carbocycles. The number of rotatable bonds is 9.